The van der Waals surface area contributed by atoms with Crippen molar-refractivity contribution in [3.63, 3.8) is 0 Å². The number of allylic oxidation sites excluding steroid dienone is 1. The number of amides is 1. The van der Waals surface area contributed by atoms with Crippen LogP contribution in [0.3, 0.4) is 0 Å². The third-order valence-electron chi connectivity index (χ3n) is 4.99. The highest BCUT2D eigenvalue weighted by molar-refractivity contribution is 5.66. The van der Waals surface area contributed by atoms with Crippen molar-refractivity contribution in [1.82, 2.24) is 15.0 Å². The Balaban J connectivity index is 1.79. The molecule has 1 fully saturated rings. The van der Waals surface area contributed by atoms with Crippen molar-refractivity contribution in [2.45, 2.75) is 51.2 Å². The molecule has 1 aliphatic heterocycles. The van der Waals surface area contributed by atoms with Crippen LogP contribution in [-0.2, 0) is 6.18 Å². The summed E-state index contributed by atoms with van der Waals surface area (Å²) in [6.07, 6.45) is 1.91. The second kappa shape index (κ2) is 9.84. The Bertz CT molecular complexity index is 927. The Hall–Kier alpha value is -3.04. The SMILES string of the molecule is CCCCC=CCOc1ccc(-c2noc([C@@H]3CCCN3C(=O)O)n2)cc1C(F)(F)F. The van der Waals surface area contributed by atoms with Gasteiger partial charge in [-0.25, -0.2) is 4.79 Å². The molecule has 1 aromatic carbocycles. The van der Waals surface area contributed by atoms with Crippen LogP contribution in [0, 0.1) is 0 Å². The van der Waals surface area contributed by atoms with Crippen molar-refractivity contribution in [1.29, 1.82) is 0 Å². The minimum atomic E-state index is -4.63. The predicted molar refractivity (Wildman–Crippen MR) is 106 cm³/mol. The van der Waals surface area contributed by atoms with Crippen LogP contribution in [0.5, 0.6) is 5.75 Å². The number of carboxylic acid groups (broad SMARTS) is 1. The van der Waals surface area contributed by atoms with E-state index in [1.54, 1.807) is 6.08 Å². The van der Waals surface area contributed by atoms with E-state index in [2.05, 4.69) is 17.1 Å². The lowest BCUT2D eigenvalue weighted by Crippen LogP contribution is -2.28. The molecule has 1 atom stereocenters. The summed E-state index contributed by atoms with van der Waals surface area (Å²) in [6, 6.07) is 2.97. The van der Waals surface area contributed by atoms with Gasteiger partial charge in [0.15, 0.2) is 0 Å². The Kier molecular flexibility index (Phi) is 7.19. The van der Waals surface area contributed by atoms with Crippen LogP contribution in [0.25, 0.3) is 11.4 Å². The third-order valence-corrected chi connectivity index (χ3v) is 4.99. The van der Waals surface area contributed by atoms with E-state index in [0.29, 0.717) is 19.4 Å². The normalized spacial score (nSPS) is 16.9. The summed E-state index contributed by atoms with van der Waals surface area (Å²) in [5.41, 5.74) is -0.834. The molecular formula is C21H24F3N3O4. The Labute approximate surface area is 177 Å². The molecule has 2 aromatic rings. The van der Waals surface area contributed by atoms with Crippen LogP contribution in [0.2, 0.25) is 0 Å². The molecule has 0 unspecified atom stereocenters. The molecule has 0 radical (unpaired) electrons. The van der Waals surface area contributed by atoms with E-state index >= 15 is 0 Å². The lowest BCUT2D eigenvalue weighted by Gasteiger charge is -2.17. The fraction of sp³-hybridized carbons (Fsp3) is 0.476. The van der Waals surface area contributed by atoms with Gasteiger partial charge in [0.2, 0.25) is 11.7 Å². The number of benzene rings is 1. The number of unbranched alkanes of at least 4 members (excludes halogenated alkanes) is 2. The van der Waals surface area contributed by atoms with Crippen molar-refractivity contribution in [2.24, 2.45) is 0 Å². The van der Waals surface area contributed by atoms with Gasteiger partial charge < -0.3 is 14.4 Å². The maximum atomic E-state index is 13.6. The molecule has 0 bridgehead atoms. The molecule has 0 saturated carbocycles. The molecule has 1 aromatic heterocycles. The summed E-state index contributed by atoms with van der Waals surface area (Å²) in [4.78, 5) is 16.6. The van der Waals surface area contributed by atoms with Crippen molar-refractivity contribution < 1.29 is 32.3 Å². The average Bonchev–Trinajstić information content (AvgIpc) is 3.39. The van der Waals surface area contributed by atoms with Gasteiger partial charge in [-0.1, -0.05) is 37.1 Å². The van der Waals surface area contributed by atoms with Gasteiger partial charge in [0.05, 0.1) is 5.56 Å². The number of likely N-dealkylation sites (tertiary alicyclic amines) is 1. The first kappa shape index (κ1) is 22.6. The van der Waals surface area contributed by atoms with E-state index in [-0.39, 0.29) is 29.6 Å². The van der Waals surface area contributed by atoms with Crippen LogP contribution in [0.1, 0.15) is 56.5 Å². The second-order valence-electron chi connectivity index (χ2n) is 7.22. The molecule has 1 amide bonds. The number of alkyl halides is 3. The minimum Gasteiger partial charge on any atom is -0.489 e. The largest absolute Gasteiger partial charge is 0.489 e. The van der Waals surface area contributed by atoms with E-state index in [0.717, 1.165) is 25.3 Å². The first-order chi connectivity index (χ1) is 14.8. The number of halogens is 3. The van der Waals surface area contributed by atoms with Gasteiger partial charge in [-0.15, -0.1) is 0 Å². The number of nitrogens with zero attached hydrogens (tertiary/aromatic N) is 3. The lowest BCUT2D eigenvalue weighted by atomic mass is 10.1. The number of hydrogen-bond donors (Lipinski definition) is 1. The molecule has 31 heavy (non-hydrogen) atoms. The van der Waals surface area contributed by atoms with E-state index in [4.69, 9.17) is 9.26 Å². The van der Waals surface area contributed by atoms with Crippen LogP contribution < -0.4 is 4.74 Å². The molecule has 2 heterocycles. The first-order valence-corrected chi connectivity index (χ1v) is 10.1. The quantitative estimate of drug-likeness (QED) is 0.420. The highest BCUT2D eigenvalue weighted by atomic mass is 19.4. The van der Waals surface area contributed by atoms with Gasteiger partial charge >= 0.3 is 12.3 Å². The fourth-order valence-corrected chi connectivity index (χ4v) is 3.40. The molecule has 1 aliphatic rings. The standard InChI is InChI=1S/C21H24F3N3O4/c1-2-3-4-5-6-12-30-17-10-9-14(13-15(17)21(22,23)24)18-25-19(31-26-18)16-8-7-11-27(16)20(28)29/h5-6,9-10,13,16H,2-4,7-8,11-12H2,1H3,(H,28,29)/t16-/m0/s1. The molecule has 3 rings (SSSR count). The zero-order chi connectivity index (χ0) is 22.4. The molecule has 10 heteroatoms. The van der Waals surface area contributed by atoms with Gasteiger partial charge in [0.1, 0.15) is 18.4 Å². The zero-order valence-corrected chi connectivity index (χ0v) is 17.1. The fourth-order valence-electron chi connectivity index (χ4n) is 3.40. The lowest BCUT2D eigenvalue weighted by molar-refractivity contribution is -0.138. The van der Waals surface area contributed by atoms with Gasteiger partial charge in [-0.2, -0.15) is 18.2 Å². The van der Waals surface area contributed by atoms with Gasteiger partial charge in [0, 0.05) is 12.1 Å². The zero-order valence-electron chi connectivity index (χ0n) is 17.1. The van der Waals surface area contributed by atoms with Gasteiger partial charge in [0.25, 0.3) is 0 Å². The topological polar surface area (TPSA) is 88.7 Å². The molecule has 0 aliphatic carbocycles. The first-order valence-electron chi connectivity index (χ1n) is 10.1. The van der Waals surface area contributed by atoms with Crippen molar-refractivity contribution in [3.05, 3.63) is 41.8 Å². The Morgan fingerprint density at radius 1 is 1.39 bits per heavy atom. The summed E-state index contributed by atoms with van der Waals surface area (Å²) >= 11 is 0. The van der Waals surface area contributed by atoms with Gasteiger partial charge in [-0.3, -0.25) is 4.90 Å². The summed E-state index contributed by atoms with van der Waals surface area (Å²) < 4.78 is 51.2. The monoisotopic (exact) mass is 439 g/mol. The Morgan fingerprint density at radius 2 is 2.19 bits per heavy atom. The maximum absolute atomic E-state index is 13.6. The molecule has 1 saturated heterocycles. The molecule has 168 valence electrons. The van der Waals surface area contributed by atoms with E-state index < -0.39 is 23.9 Å². The molecule has 1 N–H and O–H groups in total. The van der Waals surface area contributed by atoms with Crippen LogP contribution in [-0.4, -0.2) is 39.4 Å². The van der Waals surface area contributed by atoms with Crippen LogP contribution >= 0.6 is 0 Å². The van der Waals surface area contributed by atoms with Crippen LogP contribution in [0.4, 0.5) is 18.0 Å². The van der Waals surface area contributed by atoms with E-state index in [1.165, 1.54) is 17.0 Å². The molecule has 0 spiro atoms. The van der Waals surface area contributed by atoms with E-state index in [1.807, 2.05) is 6.08 Å². The number of rotatable bonds is 8. The van der Waals surface area contributed by atoms with Gasteiger partial charge in [-0.05, 0) is 37.5 Å². The number of aromatic nitrogens is 2. The smallest absolute Gasteiger partial charge is 0.419 e. The highest BCUT2D eigenvalue weighted by Gasteiger charge is 2.36. The molecular weight excluding hydrogens is 415 g/mol. The van der Waals surface area contributed by atoms with Crippen molar-refractivity contribution >= 4 is 6.09 Å². The number of ether oxygens (including phenoxy) is 1. The number of carbonyl (C=O) groups is 1. The highest BCUT2D eigenvalue weighted by Crippen LogP contribution is 2.39. The minimum absolute atomic E-state index is 0.0329. The second-order valence-corrected chi connectivity index (χ2v) is 7.22. The number of hydrogen-bond acceptors (Lipinski definition) is 5. The third kappa shape index (κ3) is 5.56. The van der Waals surface area contributed by atoms with Crippen molar-refractivity contribution in [3.8, 4) is 17.1 Å². The summed E-state index contributed by atoms with van der Waals surface area (Å²) in [6.45, 7) is 2.43. The average molecular weight is 439 g/mol. The molecule has 7 nitrogen and oxygen atoms in total. The van der Waals surface area contributed by atoms with Crippen molar-refractivity contribution in [2.75, 3.05) is 13.2 Å². The van der Waals surface area contributed by atoms with Crippen LogP contribution in [0.15, 0.2) is 34.9 Å². The maximum Gasteiger partial charge on any atom is 0.419 e. The summed E-state index contributed by atoms with van der Waals surface area (Å²) in [5.74, 6) is -0.252. The predicted octanol–water partition coefficient (Wildman–Crippen LogP) is 5.70. The Morgan fingerprint density at radius 3 is 2.90 bits per heavy atom. The summed E-state index contributed by atoms with van der Waals surface area (Å²) in [7, 11) is 0. The summed E-state index contributed by atoms with van der Waals surface area (Å²) in [5, 5.41) is 13.0. The van der Waals surface area contributed by atoms with E-state index in [9.17, 15) is 23.1 Å².